The molecule has 0 aromatic carbocycles. The summed E-state index contributed by atoms with van der Waals surface area (Å²) in [4.78, 5) is 9.60. The number of ether oxygens (including phenoxy) is 1. The predicted molar refractivity (Wildman–Crippen MR) is 44.3 cm³/mol. The molecule has 0 amide bonds. The summed E-state index contributed by atoms with van der Waals surface area (Å²) < 4.78 is 4.60. The number of carboxylic acid groups (broad SMARTS) is 1. The van der Waals surface area contributed by atoms with E-state index in [1.807, 2.05) is 6.92 Å². The van der Waals surface area contributed by atoms with Crippen LogP contribution in [0.5, 0.6) is 0 Å². The molecular formula is C8H14O3. The van der Waals surface area contributed by atoms with Crippen molar-refractivity contribution in [3.63, 3.8) is 0 Å². The number of carbonyl (C=O) groups is 1. The van der Waals surface area contributed by atoms with E-state index in [1.54, 1.807) is 0 Å². The summed E-state index contributed by atoms with van der Waals surface area (Å²) in [7, 11) is 0. The summed E-state index contributed by atoms with van der Waals surface area (Å²) in [5.74, 6) is -0.935. The Balaban J connectivity index is 0. The lowest BCUT2D eigenvalue weighted by atomic mass is 10.4. The van der Waals surface area contributed by atoms with Crippen molar-refractivity contribution in [3.8, 4) is 0 Å². The molecule has 0 bridgehead atoms. The first kappa shape index (κ1) is 12.4. The van der Waals surface area contributed by atoms with Gasteiger partial charge < -0.3 is 9.84 Å². The van der Waals surface area contributed by atoms with E-state index in [2.05, 4.69) is 17.9 Å². The summed E-state index contributed by atoms with van der Waals surface area (Å²) in [6.45, 7) is 10.6. The van der Waals surface area contributed by atoms with Gasteiger partial charge in [-0.05, 0) is 13.8 Å². The van der Waals surface area contributed by atoms with E-state index in [-0.39, 0.29) is 5.57 Å². The Morgan fingerprint density at radius 2 is 2.09 bits per heavy atom. The molecule has 0 heterocycles. The van der Waals surface area contributed by atoms with Crippen LogP contribution >= 0.6 is 0 Å². The van der Waals surface area contributed by atoms with Gasteiger partial charge in [-0.1, -0.05) is 13.2 Å². The van der Waals surface area contributed by atoms with Gasteiger partial charge in [0, 0.05) is 5.57 Å². The van der Waals surface area contributed by atoms with Crippen LogP contribution in [0.25, 0.3) is 0 Å². The SMILES string of the molecule is C=C(C)C(=O)O.C=COCC. The fourth-order valence-corrected chi connectivity index (χ4v) is 0.118. The number of rotatable bonds is 3. The van der Waals surface area contributed by atoms with Crippen molar-refractivity contribution in [1.29, 1.82) is 0 Å². The van der Waals surface area contributed by atoms with E-state index in [4.69, 9.17) is 5.11 Å². The van der Waals surface area contributed by atoms with Crippen LogP contribution in [0.4, 0.5) is 0 Å². The molecule has 0 aromatic rings. The molecule has 0 aliphatic carbocycles. The lowest BCUT2D eigenvalue weighted by Crippen LogP contribution is -1.92. The maximum Gasteiger partial charge on any atom is 0.330 e. The number of carboxylic acids is 1. The Hall–Kier alpha value is -1.25. The molecule has 3 heteroatoms. The van der Waals surface area contributed by atoms with Gasteiger partial charge >= 0.3 is 5.97 Å². The number of hydrogen-bond acceptors (Lipinski definition) is 2. The van der Waals surface area contributed by atoms with Gasteiger partial charge in [-0.25, -0.2) is 4.79 Å². The lowest BCUT2D eigenvalue weighted by Gasteiger charge is -1.84. The Morgan fingerprint density at radius 3 is 2.09 bits per heavy atom. The van der Waals surface area contributed by atoms with Crippen LogP contribution in [0.2, 0.25) is 0 Å². The highest BCUT2D eigenvalue weighted by Gasteiger charge is 1.90. The van der Waals surface area contributed by atoms with Crippen molar-refractivity contribution in [1.82, 2.24) is 0 Å². The second-order valence-electron chi connectivity index (χ2n) is 1.71. The third-order valence-electron chi connectivity index (χ3n) is 0.650. The summed E-state index contributed by atoms with van der Waals surface area (Å²) in [6.07, 6.45) is 1.43. The quantitative estimate of drug-likeness (QED) is 0.503. The zero-order valence-corrected chi connectivity index (χ0v) is 6.96. The molecule has 0 saturated carbocycles. The first-order chi connectivity index (χ1) is 5.06. The summed E-state index contributed by atoms with van der Waals surface area (Å²) in [6, 6.07) is 0. The molecule has 1 N–H and O–H groups in total. The minimum atomic E-state index is -0.935. The third-order valence-corrected chi connectivity index (χ3v) is 0.650. The highest BCUT2D eigenvalue weighted by atomic mass is 16.5. The Bertz CT molecular complexity index is 126. The van der Waals surface area contributed by atoms with Crippen molar-refractivity contribution < 1.29 is 14.6 Å². The highest BCUT2D eigenvalue weighted by Crippen LogP contribution is 1.81. The summed E-state index contributed by atoms with van der Waals surface area (Å²) >= 11 is 0. The van der Waals surface area contributed by atoms with E-state index in [0.717, 1.165) is 6.61 Å². The molecule has 0 spiro atoms. The lowest BCUT2D eigenvalue weighted by molar-refractivity contribution is -0.132. The van der Waals surface area contributed by atoms with Gasteiger partial charge in [0.05, 0.1) is 12.9 Å². The van der Waals surface area contributed by atoms with Gasteiger partial charge in [-0.3, -0.25) is 0 Å². The minimum absolute atomic E-state index is 0.176. The van der Waals surface area contributed by atoms with Crippen molar-refractivity contribution in [3.05, 3.63) is 25.0 Å². The second kappa shape index (κ2) is 8.75. The molecule has 0 aliphatic heterocycles. The smallest absolute Gasteiger partial charge is 0.330 e. The fourth-order valence-electron chi connectivity index (χ4n) is 0.118. The predicted octanol–water partition coefficient (Wildman–Crippen LogP) is 1.81. The fraction of sp³-hybridized carbons (Fsp3) is 0.375. The van der Waals surface area contributed by atoms with Crippen LogP contribution in [-0.2, 0) is 9.53 Å². The Labute approximate surface area is 67.0 Å². The van der Waals surface area contributed by atoms with E-state index >= 15 is 0 Å². The summed E-state index contributed by atoms with van der Waals surface area (Å²) in [5, 5.41) is 7.89. The molecule has 3 nitrogen and oxygen atoms in total. The standard InChI is InChI=1S/C4H6O2.C4H8O/c1-3(2)4(5)6;1-3-5-4-2/h1H2,2H3,(H,5,6);3H,1,4H2,2H3. The Kier molecular flexibility index (Phi) is 9.89. The molecule has 0 aromatic heterocycles. The molecular weight excluding hydrogens is 144 g/mol. The Morgan fingerprint density at radius 1 is 1.73 bits per heavy atom. The number of hydrogen-bond donors (Lipinski definition) is 1. The molecule has 11 heavy (non-hydrogen) atoms. The van der Waals surface area contributed by atoms with Gasteiger partial charge in [0.1, 0.15) is 0 Å². The molecule has 0 radical (unpaired) electrons. The molecule has 0 atom stereocenters. The van der Waals surface area contributed by atoms with Crippen LogP contribution in [0.1, 0.15) is 13.8 Å². The van der Waals surface area contributed by atoms with Crippen molar-refractivity contribution in [2.45, 2.75) is 13.8 Å². The molecule has 0 unspecified atom stereocenters. The van der Waals surface area contributed by atoms with Crippen LogP contribution in [0.3, 0.4) is 0 Å². The molecule has 0 rings (SSSR count). The van der Waals surface area contributed by atoms with Crippen molar-refractivity contribution >= 4 is 5.97 Å². The summed E-state index contributed by atoms with van der Waals surface area (Å²) in [5.41, 5.74) is 0.176. The average molecular weight is 158 g/mol. The van der Waals surface area contributed by atoms with Gasteiger partial charge in [-0.15, -0.1) is 0 Å². The number of aliphatic carboxylic acids is 1. The first-order valence-electron chi connectivity index (χ1n) is 3.17. The van der Waals surface area contributed by atoms with Crippen LogP contribution in [-0.4, -0.2) is 17.7 Å². The van der Waals surface area contributed by atoms with E-state index in [9.17, 15) is 4.79 Å². The van der Waals surface area contributed by atoms with Gasteiger partial charge in [0.15, 0.2) is 0 Å². The van der Waals surface area contributed by atoms with Gasteiger partial charge in [0.25, 0.3) is 0 Å². The normalized spacial score (nSPS) is 7.09. The largest absolute Gasteiger partial charge is 0.502 e. The molecule has 64 valence electrons. The molecule has 0 saturated heterocycles. The van der Waals surface area contributed by atoms with E-state index in [0.29, 0.717) is 0 Å². The monoisotopic (exact) mass is 158 g/mol. The highest BCUT2D eigenvalue weighted by molar-refractivity contribution is 5.84. The maximum atomic E-state index is 9.60. The maximum absolute atomic E-state index is 9.60. The van der Waals surface area contributed by atoms with Crippen molar-refractivity contribution in [2.24, 2.45) is 0 Å². The van der Waals surface area contributed by atoms with Gasteiger partial charge in [-0.2, -0.15) is 0 Å². The topological polar surface area (TPSA) is 46.5 Å². The minimum Gasteiger partial charge on any atom is -0.502 e. The van der Waals surface area contributed by atoms with Crippen molar-refractivity contribution in [2.75, 3.05) is 6.61 Å². The van der Waals surface area contributed by atoms with Crippen LogP contribution < -0.4 is 0 Å². The first-order valence-corrected chi connectivity index (χ1v) is 3.17. The molecule has 0 aliphatic rings. The average Bonchev–Trinajstić information content (AvgIpc) is 1.90. The molecule has 0 fully saturated rings. The second-order valence-corrected chi connectivity index (χ2v) is 1.71. The van der Waals surface area contributed by atoms with Crippen LogP contribution in [0, 0.1) is 0 Å². The third kappa shape index (κ3) is 17.7. The van der Waals surface area contributed by atoms with E-state index < -0.39 is 5.97 Å². The van der Waals surface area contributed by atoms with E-state index in [1.165, 1.54) is 13.2 Å². The van der Waals surface area contributed by atoms with Crippen LogP contribution in [0.15, 0.2) is 25.0 Å². The zero-order valence-electron chi connectivity index (χ0n) is 6.96. The van der Waals surface area contributed by atoms with Gasteiger partial charge in [0.2, 0.25) is 0 Å². The zero-order chi connectivity index (χ0) is 9.28.